The van der Waals surface area contributed by atoms with Gasteiger partial charge in [0.05, 0.1) is 18.9 Å². The molecular formula is C27H30ClNO7. The van der Waals surface area contributed by atoms with Crippen LogP contribution in [0.5, 0.6) is 5.75 Å². The molecule has 192 valence electrons. The summed E-state index contributed by atoms with van der Waals surface area (Å²) in [6, 6.07) is 12.8. The summed E-state index contributed by atoms with van der Waals surface area (Å²) in [6.45, 7) is 1.98. The number of aliphatic imine (C=N–C) groups is 1. The van der Waals surface area contributed by atoms with Crippen molar-refractivity contribution in [1.82, 2.24) is 0 Å². The van der Waals surface area contributed by atoms with Gasteiger partial charge in [-0.3, -0.25) is 4.99 Å². The smallest absolute Gasteiger partial charge is 0.225 e. The molecule has 2 aromatic carbocycles. The van der Waals surface area contributed by atoms with Crippen molar-refractivity contribution in [3.63, 3.8) is 0 Å². The first kappa shape index (κ1) is 25.4. The summed E-state index contributed by atoms with van der Waals surface area (Å²) in [5, 5.41) is 42.0. The largest absolute Gasteiger partial charge is 0.456 e. The van der Waals surface area contributed by atoms with Crippen LogP contribution in [0.3, 0.4) is 0 Å². The van der Waals surface area contributed by atoms with Crippen LogP contribution in [0.2, 0.25) is 5.02 Å². The maximum Gasteiger partial charge on any atom is 0.225 e. The van der Waals surface area contributed by atoms with Crippen LogP contribution < -0.4 is 4.74 Å². The number of fused-ring (bicyclic) bond motifs is 2. The number of aliphatic hydroxyl groups is 4. The molecule has 8 nitrogen and oxygen atoms in total. The number of ether oxygens (including phenoxy) is 3. The Kier molecular flexibility index (Phi) is 6.95. The molecule has 2 fully saturated rings. The summed E-state index contributed by atoms with van der Waals surface area (Å²) in [4.78, 5) is 4.50. The number of allylic oxidation sites excluding steroid dienone is 2. The monoisotopic (exact) mass is 515 g/mol. The average molecular weight is 516 g/mol. The highest BCUT2D eigenvalue weighted by Gasteiger charge is 2.67. The normalized spacial score (nSPS) is 32.7. The van der Waals surface area contributed by atoms with Crippen molar-refractivity contribution in [3.8, 4) is 5.75 Å². The van der Waals surface area contributed by atoms with E-state index in [0.717, 1.165) is 47.7 Å². The van der Waals surface area contributed by atoms with Crippen molar-refractivity contribution < 1.29 is 34.6 Å². The Morgan fingerprint density at radius 3 is 2.61 bits per heavy atom. The molecule has 4 N–H and O–H groups in total. The second-order valence-corrected chi connectivity index (χ2v) is 9.83. The van der Waals surface area contributed by atoms with E-state index in [2.05, 4.69) is 11.1 Å². The van der Waals surface area contributed by atoms with E-state index in [0.29, 0.717) is 17.0 Å². The third-order valence-electron chi connectivity index (χ3n) is 7.07. The van der Waals surface area contributed by atoms with Crippen LogP contribution in [0, 0.1) is 0 Å². The lowest BCUT2D eigenvalue weighted by atomic mass is 9.83. The quantitative estimate of drug-likeness (QED) is 0.447. The van der Waals surface area contributed by atoms with Gasteiger partial charge in [-0.25, -0.2) is 0 Å². The molecular weight excluding hydrogens is 486 g/mol. The second kappa shape index (κ2) is 9.87. The molecule has 2 bridgehead atoms. The SMILES string of the molecule is CC/N=C1\CCC=C1Oc1ccc(Cc2cc([C@]34OC[C@](CO)(O3)[C@@H](O)[C@H](O)[C@H]4O)ccc2Cl)cc1. The number of benzene rings is 2. The summed E-state index contributed by atoms with van der Waals surface area (Å²) in [5.74, 6) is -0.195. The van der Waals surface area contributed by atoms with Crippen LogP contribution in [0.1, 0.15) is 36.5 Å². The van der Waals surface area contributed by atoms with Crippen LogP contribution in [0.15, 0.2) is 59.3 Å². The lowest BCUT2D eigenvalue weighted by Gasteiger charge is -2.46. The minimum absolute atomic E-state index is 0.181. The zero-order valence-corrected chi connectivity index (χ0v) is 20.7. The van der Waals surface area contributed by atoms with Crippen LogP contribution in [0.4, 0.5) is 0 Å². The first-order valence-corrected chi connectivity index (χ1v) is 12.5. The molecule has 2 aromatic rings. The minimum Gasteiger partial charge on any atom is -0.456 e. The van der Waals surface area contributed by atoms with Gasteiger partial charge in [0.2, 0.25) is 5.79 Å². The molecule has 3 aliphatic rings. The van der Waals surface area contributed by atoms with Crippen molar-refractivity contribution in [2.45, 2.75) is 55.9 Å². The van der Waals surface area contributed by atoms with E-state index in [-0.39, 0.29) is 6.61 Å². The predicted octanol–water partition coefficient (Wildman–Crippen LogP) is 2.48. The van der Waals surface area contributed by atoms with Gasteiger partial charge in [0, 0.05) is 17.1 Å². The van der Waals surface area contributed by atoms with Gasteiger partial charge in [-0.2, -0.15) is 0 Å². The molecule has 9 heteroatoms. The molecule has 0 amide bonds. The lowest BCUT2D eigenvalue weighted by molar-refractivity contribution is -0.329. The fourth-order valence-corrected chi connectivity index (χ4v) is 5.24. The summed E-state index contributed by atoms with van der Waals surface area (Å²) in [7, 11) is 0. The van der Waals surface area contributed by atoms with E-state index in [9.17, 15) is 20.4 Å². The maximum absolute atomic E-state index is 10.8. The third-order valence-corrected chi connectivity index (χ3v) is 7.44. The van der Waals surface area contributed by atoms with Crippen molar-refractivity contribution in [1.29, 1.82) is 0 Å². The molecule has 5 atom stereocenters. The fourth-order valence-electron chi connectivity index (χ4n) is 5.05. The zero-order chi connectivity index (χ0) is 25.5. The summed E-state index contributed by atoms with van der Waals surface area (Å²) >= 11 is 6.50. The van der Waals surface area contributed by atoms with Crippen LogP contribution in [0.25, 0.3) is 0 Å². The zero-order valence-electron chi connectivity index (χ0n) is 19.9. The van der Waals surface area contributed by atoms with Crippen LogP contribution >= 0.6 is 11.6 Å². The van der Waals surface area contributed by atoms with Gasteiger partial charge < -0.3 is 34.6 Å². The number of hydrogen-bond acceptors (Lipinski definition) is 8. The van der Waals surface area contributed by atoms with Gasteiger partial charge in [-0.1, -0.05) is 29.8 Å². The van der Waals surface area contributed by atoms with E-state index in [1.165, 1.54) is 0 Å². The first-order valence-electron chi connectivity index (χ1n) is 12.1. The van der Waals surface area contributed by atoms with Crippen molar-refractivity contribution >= 4 is 17.3 Å². The Bertz CT molecular complexity index is 1180. The van der Waals surface area contributed by atoms with Gasteiger partial charge in [0.1, 0.15) is 35.4 Å². The van der Waals surface area contributed by atoms with E-state index < -0.39 is 36.3 Å². The highest BCUT2D eigenvalue weighted by atomic mass is 35.5. The Hall–Kier alpha value is -2.30. The molecule has 0 radical (unpaired) electrons. The van der Waals surface area contributed by atoms with Gasteiger partial charge in [-0.15, -0.1) is 0 Å². The number of hydrogen-bond donors (Lipinski definition) is 4. The maximum atomic E-state index is 10.8. The Labute approximate surface area is 214 Å². The number of rotatable bonds is 7. The highest BCUT2D eigenvalue weighted by molar-refractivity contribution is 6.31. The topological polar surface area (TPSA) is 121 Å². The van der Waals surface area contributed by atoms with Gasteiger partial charge in [-0.05, 0) is 67.7 Å². The summed E-state index contributed by atoms with van der Waals surface area (Å²) in [6.07, 6.45) is -0.244. The predicted molar refractivity (Wildman–Crippen MR) is 133 cm³/mol. The lowest BCUT2D eigenvalue weighted by Crippen LogP contribution is -2.65. The molecule has 2 heterocycles. The van der Waals surface area contributed by atoms with Crippen molar-refractivity contribution in [2.24, 2.45) is 4.99 Å². The van der Waals surface area contributed by atoms with E-state index in [4.69, 9.17) is 25.8 Å². The van der Waals surface area contributed by atoms with E-state index >= 15 is 0 Å². The van der Waals surface area contributed by atoms with Gasteiger partial charge in [0.15, 0.2) is 0 Å². The Balaban J connectivity index is 1.36. The first-order chi connectivity index (χ1) is 17.3. The van der Waals surface area contributed by atoms with Crippen LogP contribution in [-0.4, -0.2) is 69.8 Å². The average Bonchev–Trinajstić information content (AvgIpc) is 3.49. The number of aliphatic hydroxyl groups excluding tert-OH is 4. The molecule has 0 spiro atoms. The van der Waals surface area contributed by atoms with Gasteiger partial charge in [0.25, 0.3) is 0 Å². The third kappa shape index (κ3) is 4.26. The van der Waals surface area contributed by atoms with Crippen molar-refractivity contribution in [3.05, 3.63) is 76.0 Å². The Morgan fingerprint density at radius 2 is 1.89 bits per heavy atom. The molecule has 2 aliphatic heterocycles. The molecule has 0 saturated carbocycles. The summed E-state index contributed by atoms with van der Waals surface area (Å²) < 4.78 is 17.8. The van der Waals surface area contributed by atoms with E-state index in [1.807, 2.05) is 31.2 Å². The molecule has 0 unspecified atom stereocenters. The molecule has 36 heavy (non-hydrogen) atoms. The van der Waals surface area contributed by atoms with Gasteiger partial charge >= 0.3 is 0 Å². The minimum atomic E-state index is -1.73. The summed E-state index contributed by atoms with van der Waals surface area (Å²) in [5.41, 5.74) is 1.65. The highest BCUT2D eigenvalue weighted by Crippen LogP contribution is 2.49. The molecule has 2 saturated heterocycles. The molecule has 1 aliphatic carbocycles. The van der Waals surface area contributed by atoms with Crippen molar-refractivity contribution in [2.75, 3.05) is 19.8 Å². The van der Waals surface area contributed by atoms with E-state index in [1.54, 1.807) is 18.2 Å². The number of halogens is 1. The van der Waals surface area contributed by atoms with Crippen LogP contribution in [-0.2, 0) is 21.7 Å². The Morgan fingerprint density at radius 1 is 1.11 bits per heavy atom. The molecule has 5 rings (SSSR count). The molecule has 0 aromatic heterocycles. The number of nitrogens with zero attached hydrogens (tertiary/aromatic N) is 1. The second-order valence-electron chi connectivity index (χ2n) is 9.42. The fraction of sp³-hybridized carbons (Fsp3) is 0.444. The standard InChI is InChI=1S/C27H30ClNO7/c1-2-29-21-4-3-5-22(21)35-19-9-6-16(7-10-19)12-17-13-18(8-11-20(17)28)27-25(33)23(31)24(32)26(14-30,36-27)15-34-27/h5-11,13,23-25,30-33H,2-4,12,14-15H2,1H3/b29-21+/t23-,24-,25+,26-,27-/m0/s1.